The summed E-state index contributed by atoms with van der Waals surface area (Å²) in [6, 6.07) is 2.45. The standard InChI is InChI=1S/C13H22N2O/c1-11(2)3-5-12(9-14,6-4-11)13(16)7-8-15-10-13/h15-16H,3-8,10H2,1-2H3. The predicted octanol–water partition coefficient (Wildman–Crippen LogP) is 1.82. The summed E-state index contributed by atoms with van der Waals surface area (Å²) in [6.45, 7) is 5.93. The molecule has 1 heterocycles. The van der Waals surface area contributed by atoms with Crippen molar-refractivity contribution in [2.45, 2.75) is 51.6 Å². The normalized spacial score (nSPS) is 36.9. The molecule has 0 amide bonds. The third-order valence-electron chi connectivity index (χ3n) is 4.69. The zero-order chi connectivity index (χ0) is 11.9. The van der Waals surface area contributed by atoms with Crippen molar-refractivity contribution in [1.29, 1.82) is 5.26 Å². The second-order valence-corrected chi connectivity index (χ2v) is 6.32. The van der Waals surface area contributed by atoms with Gasteiger partial charge in [0.05, 0.1) is 17.1 Å². The van der Waals surface area contributed by atoms with Gasteiger partial charge in [0, 0.05) is 6.54 Å². The highest BCUT2D eigenvalue weighted by atomic mass is 16.3. The summed E-state index contributed by atoms with van der Waals surface area (Å²) >= 11 is 0. The molecule has 2 N–H and O–H groups in total. The monoisotopic (exact) mass is 222 g/mol. The molecule has 0 aromatic heterocycles. The van der Waals surface area contributed by atoms with Crippen molar-refractivity contribution in [3.63, 3.8) is 0 Å². The van der Waals surface area contributed by atoms with Crippen LogP contribution in [0.3, 0.4) is 0 Å². The summed E-state index contributed by atoms with van der Waals surface area (Å²) in [5.41, 5.74) is -0.965. The summed E-state index contributed by atoms with van der Waals surface area (Å²) in [6.07, 6.45) is 4.50. The van der Waals surface area contributed by atoms with Crippen LogP contribution in [0.1, 0.15) is 46.0 Å². The largest absolute Gasteiger partial charge is 0.387 e. The number of hydrogen-bond donors (Lipinski definition) is 2. The molecule has 0 aromatic carbocycles. The van der Waals surface area contributed by atoms with Crippen LogP contribution in [0.15, 0.2) is 0 Å². The number of β-amino-alcohol motifs (C(OH)–C–C–N with tert-alkyl or cyclic N) is 1. The molecule has 1 atom stereocenters. The lowest BCUT2D eigenvalue weighted by Gasteiger charge is -2.46. The molecule has 0 spiro atoms. The lowest BCUT2D eigenvalue weighted by atomic mass is 9.58. The molecule has 1 aliphatic carbocycles. The third-order valence-corrected chi connectivity index (χ3v) is 4.69. The first-order valence-electron chi connectivity index (χ1n) is 6.28. The Morgan fingerprint density at radius 2 is 1.75 bits per heavy atom. The smallest absolute Gasteiger partial charge is 0.0968 e. The van der Waals surface area contributed by atoms with Gasteiger partial charge in [-0.05, 0) is 44.1 Å². The number of nitriles is 1. The maximum atomic E-state index is 10.7. The fraction of sp³-hybridized carbons (Fsp3) is 0.923. The van der Waals surface area contributed by atoms with E-state index in [9.17, 15) is 10.4 Å². The van der Waals surface area contributed by atoms with Crippen molar-refractivity contribution >= 4 is 0 Å². The summed E-state index contributed by atoms with van der Waals surface area (Å²) in [5.74, 6) is 0. The Hall–Kier alpha value is -0.590. The second kappa shape index (κ2) is 3.72. The van der Waals surface area contributed by atoms with Crippen LogP contribution >= 0.6 is 0 Å². The van der Waals surface area contributed by atoms with Crippen molar-refractivity contribution < 1.29 is 5.11 Å². The molecule has 1 saturated carbocycles. The minimum Gasteiger partial charge on any atom is -0.387 e. The minimum absolute atomic E-state index is 0.336. The van der Waals surface area contributed by atoms with Gasteiger partial charge in [0.25, 0.3) is 0 Å². The Morgan fingerprint density at radius 3 is 2.19 bits per heavy atom. The number of nitrogens with one attached hydrogen (secondary N) is 1. The zero-order valence-corrected chi connectivity index (χ0v) is 10.3. The molecule has 0 radical (unpaired) electrons. The van der Waals surface area contributed by atoms with Gasteiger partial charge in [-0.1, -0.05) is 13.8 Å². The Balaban J connectivity index is 2.19. The van der Waals surface area contributed by atoms with Crippen LogP contribution in [-0.4, -0.2) is 23.8 Å². The first kappa shape index (κ1) is 11.9. The van der Waals surface area contributed by atoms with Crippen LogP contribution in [0, 0.1) is 22.2 Å². The van der Waals surface area contributed by atoms with Crippen molar-refractivity contribution in [3.8, 4) is 6.07 Å². The highest BCUT2D eigenvalue weighted by molar-refractivity contribution is 5.16. The Bertz CT molecular complexity index is 300. The first-order valence-corrected chi connectivity index (χ1v) is 6.28. The number of rotatable bonds is 1. The van der Waals surface area contributed by atoms with Gasteiger partial charge < -0.3 is 10.4 Å². The fourth-order valence-corrected chi connectivity index (χ4v) is 3.12. The Labute approximate surface area is 97.8 Å². The quantitative estimate of drug-likeness (QED) is 0.711. The highest BCUT2D eigenvalue weighted by Crippen LogP contribution is 2.51. The molecule has 2 aliphatic rings. The molecule has 3 nitrogen and oxygen atoms in total. The van der Waals surface area contributed by atoms with Crippen LogP contribution in [0.5, 0.6) is 0 Å². The molecule has 1 saturated heterocycles. The van der Waals surface area contributed by atoms with Crippen LogP contribution in [0.25, 0.3) is 0 Å². The molecule has 0 bridgehead atoms. The summed E-state index contributed by atoms with van der Waals surface area (Å²) in [5, 5.41) is 23.3. The van der Waals surface area contributed by atoms with E-state index in [4.69, 9.17) is 0 Å². The SMILES string of the molecule is CC1(C)CCC(C#N)(C2(O)CCNC2)CC1. The summed E-state index contributed by atoms with van der Waals surface area (Å²) in [4.78, 5) is 0. The van der Waals surface area contributed by atoms with Gasteiger partial charge in [0.2, 0.25) is 0 Å². The van der Waals surface area contributed by atoms with Gasteiger partial charge in [-0.3, -0.25) is 0 Å². The lowest BCUT2D eigenvalue weighted by molar-refractivity contribution is -0.0700. The molecular weight excluding hydrogens is 200 g/mol. The van der Waals surface area contributed by atoms with Crippen molar-refractivity contribution in [2.75, 3.05) is 13.1 Å². The third kappa shape index (κ3) is 1.74. The van der Waals surface area contributed by atoms with Crippen LogP contribution < -0.4 is 5.32 Å². The first-order chi connectivity index (χ1) is 7.43. The minimum atomic E-state index is -0.793. The predicted molar refractivity (Wildman–Crippen MR) is 62.7 cm³/mol. The Kier molecular flexibility index (Phi) is 2.76. The van der Waals surface area contributed by atoms with E-state index in [2.05, 4.69) is 25.2 Å². The molecular formula is C13H22N2O. The van der Waals surface area contributed by atoms with Crippen LogP contribution in [0.2, 0.25) is 0 Å². The van der Waals surface area contributed by atoms with Gasteiger partial charge >= 0.3 is 0 Å². The molecule has 0 aromatic rings. The zero-order valence-electron chi connectivity index (χ0n) is 10.3. The molecule has 90 valence electrons. The molecule has 16 heavy (non-hydrogen) atoms. The summed E-state index contributed by atoms with van der Waals surface area (Å²) < 4.78 is 0. The lowest BCUT2D eigenvalue weighted by Crippen LogP contribution is -2.51. The number of nitrogens with zero attached hydrogens (tertiary/aromatic N) is 1. The molecule has 1 aliphatic heterocycles. The summed E-state index contributed by atoms with van der Waals surface area (Å²) in [7, 11) is 0. The van der Waals surface area contributed by atoms with Gasteiger partial charge in [0.1, 0.15) is 0 Å². The van der Waals surface area contributed by atoms with E-state index in [0.717, 1.165) is 38.6 Å². The second-order valence-electron chi connectivity index (χ2n) is 6.32. The molecule has 1 unspecified atom stereocenters. The van der Waals surface area contributed by atoms with Crippen LogP contribution in [0.4, 0.5) is 0 Å². The van der Waals surface area contributed by atoms with E-state index in [1.165, 1.54) is 0 Å². The van der Waals surface area contributed by atoms with Crippen molar-refractivity contribution in [1.82, 2.24) is 5.32 Å². The average Bonchev–Trinajstić information content (AvgIpc) is 2.67. The van der Waals surface area contributed by atoms with Gasteiger partial charge in [-0.2, -0.15) is 5.26 Å². The van der Waals surface area contributed by atoms with E-state index < -0.39 is 11.0 Å². The molecule has 3 heteroatoms. The fourth-order valence-electron chi connectivity index (χ4n) is 3.12. The van der Waals surface area contributed by atoms with Gasteiger partial charge in [-0.15, -0.1) is 0 Å². The highest BCUT2D eigenvalue weighted by Gasteiger charge is 2.54. The van der Waals surface area contributed by atoms with E-state index in [1.807, 2.05) is 0 Å². The maximum absolute atomic E-state index is 10.7. The van der Waals surface area contributed by atoms with Crippen molar-refractivity contribution in [2.24, 2.45) is 10.8 Å². The number of aliphatic hydroxyl groups is 1. The molecule has 2 fully saturated rings. The van der Waals surface area contributed by atoms with Gasteiger partial charge in [0.15, 0.2) is 0 Å². The molecule has 2 rings (SSSR count). The van der Waals surface area contributed by atoms with E-state index in [-0.39, 0.29) is 0 Å². The maximum Gasteiger partial charge on any atom is 0.0968 e. The van der Waals surface area contributed by atoms with E-state index in [0.29, 0.717) is 12.0 Å². The van der Waals surface area contributed by atoms with Gasteiger partial charge in [-0.25, -0.2) is 0 Å². The average molecular weight is 222 g/mol. The Morgan fingerprint density at radius 1 is 1.12 bits per heavy atom. The van der Waals surface area contributed by atoms with E-state index in [1.54, 1.807) is 0 Å². The van der Waals surface area contributed by atoms with E-state index >= 15 is 0 Å². The van der Waals surface area contributed by atoms with Crippen molar-refractivity contribution in [3.05, 3.63) is 0 Å². The number of hydrogen-bond acceptors (Lipinski definition) is 3. The topological polar surface area (TPSA) is 56.0 Å². The van der Waals surface area contributed by atoms with Crippen LogP contribution in [-0.2, 0) is 0 Å².